The topological polar surface area (TPSA) is 113 Å². The van der Waals surface area contributed by atoms with Gasteiger partial charge >= 0.3 is 5.97 Å². The van der Waals surface area contributed by atoms with Gasteiger partial charge in [0.05, 0.1) is 33.4 Å². The van der Waals surface area contributed by atoms with Crippen LogP contribution in [0.1, 0.15) is 37.4 Å². The molecule has 1 aromatic heterocycles. The van der Waals surface area contributed by atoms with Gasteiger partial charge in [-0.1, -0.05) is 43.0 Å². The van der Waals surface area contributed by atoms with Gasteiger partial charge in [0.1, 0.15) is 12.4 Å². The third-order valence-electron chi connectivity index (χ3n) is 5.64. The van der Waals surface area contributed by atoms with Crippen LogP contribution >= 0.6 is 11.3 Å². The molecule has 37 heavy (non-hydrogen) atoms. The minimum atomic E-state index is -0.757. The second-order valence-corrected chi connectivity index (χ2v) is 9.24. The fraction of sp³-hybridized carbons (Fsp3) is 0.222. The highest BCUT2D eigenvalue weighted by Gasteiger charge is 2.33. The standard InChI is InChI=1S/C27H25N3O6S/c1-4-14-35-21-12-8-19(9-13-21)24-23(26(32)36-15-5-2)17(3)28-27-29(24)25(31)22(37-27)16-18-6-10-20(11-7-18)30(33)34/h5-13,16,24H,2,4,14-15H2,1,3H3. The molecular formula is C27H25N3O6S. The molecule has 0 aliphatic carbocycles. The van der Waals surface area contributed by atoms with Crippen LogP contribution in [0, 0.1) is 10.1 Å². The van der Waals surface area contributed by atoms with Crippen molar-refractivity contribution < 1.29 is 19.2 Å². The Morgan fingerprint density at radius 2 is 1.92 bits per heavy atom. The number of fused-ring (bicyclic) bond motifs is 1. The highest BCUT2D eigenvalue weighted by Crippen LogP contribution is 2.31. The number of carbonyl (C=O) groups excluding carboxylic acids is 1. The molecule has 1 aliphatic heterocycles. The van der Waals surface area contributed by atoms with Crippen molar-refractivity contribution in [3.8, 4) is 5.75 Å². The van der Waals surface area contributed by atoms with Gasteiger partial charge in [0, 0.05) is 12.1 Å². The van der Waals surface area contributed by atoms with Crippen LogP contribution in [-0.4, -0.2) is 28.7 Å². The number of non-ortho nitro benzene ring substituents is 1. The third kappa shape index (κ3) is 5.44. The van der Waals surface area contributed by atoms with Crippen LogP contribution in [0.3, 0.4) is 0 Å². The number of benzene rings is 2. The van der Waals surface area contributed by atoms with Crippen LogP contribution in [0.15, 0.2) is 82.2 Å². The van der Waals surface area contributed by atoms with E-state index in [1.165, 1.54) is 34.1 Å². The lowest BCUT2D eigenvalue weighted by Crippen LogP contribution is -2.39. The zero-order valence-corrected chi connectivity index (χ0v) is 21.2. The molecule has 0 saturated heterocycles. The zero-order valence-electron chi connectivity index (χ0n) is 20.4. The average Bonchev–Trinajstić information content (AvgIpc) is 3.20. The van der Waals surface area contributed by atoms with Gasteiger partial charge in [0.2, 0.25) is 0 Å². The smallest absolute Gasteiger partial charge is 0.338 e. The second-order valence-electron chi connectivity index (χ2n) is 8.24. The number of allylic oxidation sites excluding steroid dienone is 1. The summed E-state index contributed by atoms with van der Waals surface area (Å²) in [5.74, 6) is 0.106. The highest BCUT2D eigenvalue weighted by atomic mass is 32.1. The van der Waals surface area contributed by atoms with E-state index in [0.717, 1.165) is 6.42 Å². The number of hydrogen-bond acceptors (Lipinski definition) is 8. The van der Waals surface area contributed by atoms with E-state index in [0.29, 0.717) is 38.5 Å². The van der Waals surface area contributed by atoms with Crippen molar-refractivity contribution in [3.05, 3.63) is 113 Å². The molecular weight excluding hydrogens is 494 g/mol. The van der Waals surface area contributed by atoms with E-state index in [9.17, 15) is 19.7 Å². The maximum atomic E-state index is 13.6. The summed E-state index contributed by atoms with van der Waals surface area (Å²) in [6.07, 6.45) is 4.00. The van der Waals surface area contributed by atoms with Crippen molar-refractivity contribution in [1.29, 1.82) is 0 Å². The summed E-state index contributed by atoms with van der Waals surface area (Å²) in [5, 5.41) is 11.0. The van der Waals surface area contributed by atoms with Crippen molar-refractivity contribution in [2.75, 3.05) is 13.2 Å². The molecule has 0 fully saturated rings. The number of aromatic nitrogens is 1. The molecule has 2 heterocycles. The molecule has 3 aromatic rings. The minimum absolute atomic E-state index is 0.0245. The van der Waals surface area contributed by atoms with Gasteiger partial charge in [-0.05, 0) is 54.8 Å². The van der Waals surface area contributed by atoms with E-state index < -0.39 is 16.9 Å². The molecule has 1 atom stereocenters. The molecule has 0 bridgehead atoms. The van der Waals surface area contributed by atoms with Gasteiger partial charge in [-0.2, -0.15) is 0 Å². The van der Waals surface area contributed by atoms with Crippen molar-refractivity contribution >= 4 is 29.1 Å². The lowest BCUT2D eigenvalue weighted by molar-refractivity contribution is -0.384. The molecule has 9 nitrogen and oxygen atoms in total. The van der Waals surface area contributed by atoms with Crippen LogP contribution in [0.25, 0.3) is 6.08 Å². The number of ether oxygens (including phenoxy) is 2. The number of thiazole rings is 1. The first-order valence-electron chi connectivity index (χ1n) is 11.6. The Morgan fingerprint density at radius 1 is 1.22 bits per heavy atom. The van der Waals surface area contributed by atoms with E-state index in [-0.39, 0.29) is 23.4 Å². The van der Waals surface area contributed by atoms with Gasteiger partial charge in [0.15, 0.2) is 4.80 Å². The normalized spacial score (nSPS) is 15.1. The van der Waals surface area contributed by atoms with Crippen LogP contribution < -0.4 is 19.6 Å². The highest BCUT2D eigenvalue weighted by molar-refractivity contribution is 7.07. The number of nitro benzene ring substituents is 1. The summed E-state index contributed by atoms with van der Waals surface area (Å²) >= 11 is 1.18. The number of nitrogens with zero attached hydrogens (tertiary/aromatic N) is 3. The lowest BCUT2D eigenvalue weighted by atomic mass is 9.96. The Kier molecular flexibility index (Phi) is 7.78. The van der Waals surface area contributed by atoms with E-state index in [1.54, 1.807) is 37.3 Å². The first-order chi connectivity index (χ1) is 17.8. The largest absolute Gasteiger partial charge is 0.494 e. The van der Waals surface area contributed by atoms with Crippen molar-refractivity contribution in [2.45, 2.75) is 26.3 Å². The van der Waals surface area contributed by atoms with Crippen molar-refractivity contribution in [2.24, 2.45) is 4.99 Å². The average molecular weight is 520 g/mol. The molecule has 1 unspecified atom stereocenters. The van der Waals surface area contributed by atoms with Gasteiger partial charge in [-0.3, -0.25) is 19.5 Å². The summed E-state index contributed by atoms with van der Waals surface area (Å²) in [7, 11) is 0. The number of esters is 1. The first-order valence-corrected chi connectivity index (χ1v) is 12.4. The minimum Gasteiger partial charge on any atom is -0.494 e. The Balaban J connectivity index is 1.84. The SMILES string of the molecule is C=CCOC(=O)C1=C(C)N=c2sc(=Cc3ccc([N+](=O)[O-])cc3)c(=O)n2C1c1ccc(OCCC)cc1. The number of rotatable bonds is 9. The first kappa shape index (κ1) is 25.8. The predicted octanol–water partition coefficient (Wildman–Crippen LogP) is 3.66. The Labute approximate surface area is 216 Å². The Hall–Kier alpha value is -4.31. The van der Waals surface area contributed by atoms with Crippen molar-refractivity contribution in [1.82, 2.24) is 4.57 Å². The second kappa shape index (κ2) is 11.2. The van der Waals surface area contributed by atoms with Crippen molar-refractivity contribution in [3.63, 3.8) is 0 Å². The zero-order chi connectivity index (χ0) is 26.5. The molecule has 0 saturated carbocycles. The summed E-state index contributed by atoms with van der Waals surface area (Å²) in [4.78, 5) is 42.2. The van der Waals surface area contributed by atoms with E-state index >= 15 is 0 Å². The maximum absolute atomic E-state index is 13.6. The molecule has 0 spiro atoms. The van der Waals surface area contributed by atoms with Crippen LogP contribution in [0.2, 0.25) is 0 Å². The predicted molar refractivity (Wildman–Crippen MR) is 140 cm³/mol. The van der Waals surface area contributed by atoms with Gasteiger partial charge in [-0.15, -0.1) is 0 Å². The number of hydrogen-bond donors (Lipinski definition) is 0. The summed E-state index contributed by atoms with van der Waals surface area (Å²) in [6.45, 7) is 7.92. The van der Waals surface area contributed by atoms with Crippen LogP contribution in [-0.2, 0) is 9.53 Å². The number of nitro groups is 1. The summed E-state index contributed by atoms with van der Waals surface area (Å²) in [6, 6.07) is 12.4. The molecule has 0 N–H and O–H groups in total. The molecule has 190 valence electrons. The van der Waals surface area contributed by atoms with E-state index in [4.69, 9.17) is 9.47 Å². The van der Waals surface area contributed by atoms with Gasteiger partial charge in [0.25, 0.3) is 11.2 Å². The quantitative estimate of drug-likeness (QED) is 0.185. The maximum Gasteiger partial charge on any atom is 0.338 e. The van der Waals surface area contributed by atoms with E-state index in [2.05, 4.69) is 11.6 Å². The molecule has 4 rings (SSSR count). The molecule has 0 amide bonds. The third-order valence-corrected chi connectivity index (χ3v) is 6.63. The fourth-order valence-corrected chi connectivity index (χ4v) is 4.97. The Morgan fingerprint density at radius 3 is 2.54 bits per heavy atom. The van der Waals surface area contributed by atoms with Crippen LogP contribution in [0.4, 0.5) is 5.69 Å². The van der Waals surface area contributed by atoms with E-state index in [1.807, 2.05) is 19.1 Å². The van der Waals surface area contributed by atoms with Gasteiger partial charge < -0.3 is 9.47 Å². The lowest BCUT2D eigenvalue weighted by Gasteiger charge is -2.24. The molecule has 10 heteroatoms. The monoisotopic (exact) mass is 519 g/mol. The molecule has 0 radical (unpaired) electrons. The molecule has 1 aliphatic rings. The number of carbonyl (C=O) groups is 1. The Bertz CT molecular complexity index is 1550. The molecule has 2 aromatic carbocycles. The summed E-state index contributed by atoms with van der Waals surface area (Å²) in [5.41, 5.74) is 1.67. The van der Waals surface area contributed by atoms with Crippen LogP contribution in [0.5, 0.6) is 5.75 Å². The summed E-state index contributed by atoms with van der Waals surface area (Å²) < 4.78 is 12.9. The fourth-order valence-electron chi connectivity index (χ4n) is 3.92. The van der Waals surface area contributed by atoms with Gasteiger partial charge in [-0.25, -0.2) is 9.79 Å².